The van der Waals surface area contributed by atoms with Gasteiger partial charge in [-0.15, -0.1) is 0 Å². The lowest BCUT2D eigenvalue weighted by Gasteiger charge is -2.17. The SMILES string of the molecule is O=CNc1cccc2c1N=C[SH]2S(=O)(=O)c1ccc(Br)c2c1OCC2. The van der Waals surface area contributed by atoms with Gasteiger partial charge in [0.05, 0.1) is 17.8 Å². The molecule has 1 N–H and O–H groups in total. The number of ether oxygens (including phenoxy) is 1. The first-order chi connectivity index (χ1) is 12.0. The minimum Gasteiger partial charge on any atom is -0.492 e. The van der Waals surface area contributed by atoms with Crippen LogP contribution in [0.15, 0.2) is 49.6 Å². The molecule has 2 aromatic carbocycles. The first-order valence-electron chi connectivity index (χ1n) is 7.40. The Labute approximate surface area is 155 Å². The van der Waals surface area contributed by atoms with Gasteiger partial charge in [0.15, 0.2) is 0 Å². The van der Waals surface area contributed by atoms with Crippen molar-refractivity contribution in [1.82, 2.24) is 0 Å². The van der Waals surface area contributed by atoms with E-state index in [0.717, 1.165) is 10.0 Å². The van der Waals surface area contributed by atoms with Gasteiger partial charge >= 0.3 is 0 Å². The zero-order valence-electron chi connectivity index (χ0n) is 12.8. The molecule has 0 fully saturated rings. The third-order valence-electron chi connectivity index (χ3n) is 4.06. The molecule has 1 unspecified atom stereocenters. The van der Waals surface area contributed by atoms with Gasteiger partial charge in [-0.1, -0.05) is 31.9 Å². The highest BCUT2D eigenvalue weighted by Crippen LogP contribution is 2.56. The molecule has 6 nitrogen and oxygen atoms in total. The third-order valence-corrected chi connectivity index (χ3v) is 10.4. The fraction of sp³-hybridized carbons (Fsp3) is 0.125. The molecule has 2 aromatic rings. The van der Waals surface area contributed by atoms with E-state index >= 15 is 0 Å². The molecule has 0 aromatic heterocycles. The van der Waals surface area contributed by atoms with Crippen molar-refractivity contribution in [2.75, 3.05) is 11.9 Å². The number of amides is 1. The molecule has 25 heavy (non-hydrogen) atoms. The predicted molar refractivity (Wildman–Crippen MR) is 102 cm³/mol. The van der Waals surface area contributed by atoms with Gasteiger partial charge in [-0.2, -0.15) is 0 Å². The molecule has 2 aliphatic rings. The molecule has 9 heteroatoms. The number of halogens is 1. The van der Waals surface area contributed by atoms with E-state index in [4.69, 9.17) is 4.74 Å². The summed E-state index contributed by atoms with van der Waals surface area (Å²) in [5.41, 5.74) is 3.35. The fourth-order valence-corrected chi connectivity index (χ4v) is 8.45. The third kappa shape index (κ3) is 2.57. The Morgan fingerprint density at radius 3 is 2.92 bits per heavy atom. The summed E-state index contributed by atoms with van der Waals surface area (Å²) in [5, 5.41) is 2.56. The molecule has 1 amide bonds. The van der Waals surface area contributed by atoms with E-state index in [1.165, 1.54) is 5.55 Å². The minimum atomic E-state index is -3.67. The summed E-state index contributed by atoms with van der Waals surface area (Å²) in [5.74, 6) is 0.431. The van der Waals surface area contributed by atoms with Crippen LogP contribution in [0.25, 0.3) is 0 Å². The van der Waals surface area contributed by atoms with Crippen molar-refractivity contribution in [3.8, 4) is 5.75 Å². The summed E-state index contributed by atoms with van der Waals surface area (Å²) in [4.78, 5) is 15.8. The molecular weight excluding hydrogens is 428 g/mol. The number of aliphatic imine (C=N–C) groups is 1. The van der Waals surface area contributed by atoms with Gasteiger partial charge in [0.1, 0.15) is 16.3 Å². The van der Waals surface area contributed by atoms with E-state index < -0.39 is 18.8 Å². The summed E-state index contributed by atoms with van der Waals surface area (Å²) < 4.78 is 33.0. The van der Waals surface area contributed by atoms with Crippen LogP contribution in [0.2, 0.25) is 0 Å². The van der Waals surface area contributed by atoms with Gasteiger partial charge < -0.3 is 10.1 Å². The molecule has 0 saturated heterocycles. The highest BCUT2D eigenvalue weighted by Gasteiger charge is 2.35. The van der Waals surface area contributed by atoms with Gasteiger partial charge in [0, 0.05) is 21.4 Å². The smallest absolute Gasteiger partial charge is 0.222 e. The van der Waals surface area contributed by atoms with Gasteiger partial charge in [0.25, 0.3) is 0 Å². The van der Waals surface area contributed by atoms with Crippen molar-refractivity contribution < 1.29 is 17.9 Å². The van der Waals surface area contributed by atoms with E-state index in [9.17, 15) is 13.2 Å². The van der Waals surface area contributed by atoms with Crippen LogP contribution in [0.5, 0.6) is 5.75 Å². The van der Waals surface area contributed by atoms with Crippen molar-refractivity contribution in [2.45, 2.75) is 16.2 Å². The van der Waals surface area contributed by atoms with Gasteiger partial charge in [-0.3, -0.25) is 4.79 Å². The second-order valence-corrected chi connectivity index (χ2v) is 11.7. The number of nitrogens with zero attached hydrogens (tertiary/aromatic N) is 1. The highest BCUT2D eigenvalue weighted by molar-refractivity contribution is 9.10. The van der Waals surface area contributed by atoms with E-state index in [1.807, 2.05) is 0 Å². The minimum absolute atomic E-state index is 0.197. The van der Waals surface area contributed by atoms with Crippen LogP contribution >= 0.6 is 25.9 Å². The van der Waals surface area contributed by atoms with Gasteiger partial charge in [0.2, 0.25) is 15.3 Å². The number of hydrogen-bond acceptors (Lipinski definition) is 5. The summed E-state index contributed by atoms with van der Waals surface area (Å²) in [6.45, 7) is 0.469. The topological polar surface area (TPSA) is 84.8 Å². The van der Waals surface area contributed by atoms with Crippen LogP contribution in [0.1, 0.15) is 5.56 Å². The van der Waals surface area contributed by atoms with Crippen LogP contribution in [-0.2, 0) is 20.1 Å². The lowest BCUT2D eigenvalue weighted by molar-refractivity contribution is -0.105. The fourth-order valence-electron chi connectivity index (χ4n) is 2.93. The summed E-state index contributed by atoms with van der Waals surface area (Å²) in [7, 11) is -5.37. The number of carbonyl (C=O) groups excluding carboxylic acids is 1. The number of benzene rings is 2. The molecule has 1 atom stereocenters. The molecule has 0 radical (unpaired) electrons. The maximum atomic E-state index is 13.3. The summed E-state index contributed by atoms with van der Waals surface area (Å²) in [6, 6.07) is 8.46. The molecular formula is C16H13BrN2O4S2. The number of para-hydroxylation sites is 1. The number of thiol groups is 1. The van der Waals surface area contributed by atoms with Gasteiger partial charge in [-0.25, -0.2) is 13.4 Å². The first kappa shape index (κ1) is 16.6. The molecule has 0 aliphatic carbocycles. The molecule has 0 saturated carbocycles. The zero-order chi connectivity index (χ0) is 17.6. The van der Waals surface area contributed by atoms with Crippen molar-refractivity contribution in [1.29, 1.82) is 0 Å². The average Bonchev–Trinajstić information content (AvgIpc) is 3.23. The molecule has 2 aliphatic heterocycles. The largest absolute Gasteiger partial charge is 0.492 e. The zero-order valence-corrected chi connectivity index (χ0v) is 16.1. The van der Waals surface area contributed by atoms with Crippen LogP contribution < -0.4 is 10.1 Å². The van der Waals surface area contributed by atoms with Crippen molar-refractivity contribution in [2.24, 2.45) is 4.99 Å². The monoisotopic (exact) mass is 440 g/mol. The Morgan fingerprint density at radius 2 is 2.12 bits per heavy atom. The van der Waals surface area contributed by atoms with Crippen LogP contribution in [0, 0.1) is 0 Å². The molecule has 0 spiro atoms. The molecule has 0 bridgehead atoms. The van der Waals surface area contributed by atoms with Crippen LogP contribution in [0.4, 0.5) is 11.4 Å². The van der Waals surface area contributed by atoms with Crippen molar-refractivity contribution in [3.63, 3.8) is 0 Å². The maximum absolute atomic E-state index is 13.3. The molecule has 130 valence electrons. The number of carbonyl (C=O) groups is 1. The lowest BCUT2D eigenvalue weighted by Crippen LogP contribution is -2.04. The molecule has 2 heterocycles. The summed E-state index contributed by atoms with van der Waals surface area (Å²) >= 11 is 3.45. The van der Waals surface area contributed by atoms with E-state index in [-0.39, 0.29) is 4.90 Å². The Bertz CT molecular complexity index is 1020. The first-order valence-corrected chi connectivity index (χ1v) is 11.7. The quantitative estimate of drug-likeness (QED) is 0.433. The van der Waals surface area contributed by atoms with E-state index in [1.54, 1.807) is 30.3 Å². The number of hydrogen-bond donors (Lipinski definition) is 2. The summed E-state index contributed by atoms with van der Waals surface area (Å²) in [6.07, 6.45) is 1.23. The van der Waals surface area contributed by atoms with Crippen molar-refractivity contribution >= 4 is 58.1 Å². The van der Waals surface area contributed by atoms with E-state index in [2.05, 4.69) is 26.2 Å². The Morgan fingerprint density at radius 1 is 1.28 bits per heavy atom. The highest BCUT2D eigenvalue weighted by atomic mass is 79.9. The molecule has 4 rings (SSSR count). The Hall–Kier alpha value is -1.84. The van der Waals surface area contributed by atoms with E-state index in [0.29, 0.717) is 41.5 Å². The van der Waals surface area contributed by atoms with Crippen LogP contribution in [0.3, 0.4) is 0 Å². The van der Waals surface area contributed by atoms with Crippen LogP contribution in [-0.4, -0.2) is 27.0 Å². The normalized spacial score (nSPS) is 19.2. The number of rotatable bonds is 4. The second-order valence-electron chi connectivity index (χ2n) is 5.43. The van der Waals surface area contributed by atoms with Crippen molar-refractivity contribution in [3.05, 3.63) is 40.4 Å². The predicted octanol–water partition coefficient (Wildman–Crippen LogP) is 3.37. The number of fused-ring (bicyclic) bond motifs is 2. The Balaban J connectivity index is 1.83. The number of anilines is 1. The second kappa shape index (κ2) is 6.15. The Kier molecular flexibility index (Phi) is 4.09. The lowest BCUT2D eigenvalue weighted by atomic mass is 10.2. The number of nitrogens with one attached hydrogen (secondary N) is 1. The maximum Gasteiger partial charge on any atom is 0.222 e. The average molecular weight is 441 g/mol. The van der Waals surface area contributed by atoms with Gasteiger partial charge in [-0.05, 0) is 24.3 Å². The standard InChI is InChI=1S/C16H13BrN2O4S2/c17-11-4-5-14(16-10(11)6-7-23-16)25(21,22)24-9-19-15-12(18-8-20)2-1-3-13(15)24/h1-5,8-9,24H,6-7H2,(H,18,20).